The molecule has 9 nitrogen and oxygen atoms in total. The van der Waals surface area contributed by atoms with E-state index >= 15 is 0 Å². The average molecular weight is 578 g/mol. The number of aromatic amines is 1. The Morgan fingerprint density at radius 1 is 1.27 bits per heavy atom. The monoisotopic (exact) mass is 577 g/mol. The Balaban J connectivity index is 1.54. The minimum absolute atomic E-state index is 0.102. The van der Waals surface area contributed by atoms with Crippen LogP contribution in [0.15, 0.2) is 52.3 Å². The number of nitrogens with zero attached hydrogens (tertiary/aromatic N) is 3. The highest BCUT2D eigenvalue weighted by molar-refractivity contribution is 6.31. The van der Waals surface area contributed by atoms with E-state index in [0.717, 1.165) is 12.8 Å². The number of allylic oxidation sites excluding steroid dienone is 3. The Morgan fingerprint density at radius 3 is 2.66 bits per heavy atom. The van der Waals surface area contributed by atoms with Crippen LogP contribution in [0.5, 0.6) is 11.5 Å². The Morgan fingerprint density at radius 2 is 2.00 bits per heavy atom. The van der Waals surface area contributed by atoms with Crippen molar-refractivity contribution in [3.05, 3.63) is 74.7 Å². The first kappa shape index (κ1) is 30.1. The Hall–Kier alpha value is -3.90. The molecule has 0 spiro atoms. The molecular weight excluding hydrogens is 542 g/mol. The van der Waals surface area contributed by atoms with Gasteiger partial charge in [-0.2, -0.15) is 10.4 Å². The van der Waals surface area contributed by atoms with Crippen LogP contribution < -0.4 is 15.6 Å². The third-order valence-corrected chi connectivity index (χ3v) is 8.33. The summed E-state index contributed by atoms with van der Waals surface area (Å²) in [6, 6.07) is 7.43. The van der Waals surface area contributed by atoms with E-state index in [1.165, 1.54) is 6.07 Å². The third kappa shape index (κ3) is 6.23. The molecule has 0 saturated carbocycles. The van der Waals surface area contributed by atoms with Crippen molar-refractivity contribution in [3.8, 4) is 17.6 Å². The zero-order valence-corrected chi connectivity index (χ0v) is 25.0. The first-order valence-corrected chi connectivity index (χ1v) is 14.1. The molecule has 10 heteroatoms. The molecule has 1 saturated heterocycles. The molecule has 2 N–H and O–H groups in total. The summed E-state index contributed by atoms with van der Waals surface area (Å²) >= 11 is 6.38. The van der Waals surface area contributed by atoms with Gasteiger partial charge in [0.1, 0.15) is 11.8 Å². The van der Waals surface area contributed by atoms with E-state index in [-0.39, 0.29) is 23.7 Å². The van der Waals surface area contributed by atoms with Gasteiger partial charge in [-0.05, 0) is 83.7 Å². The number of aromatic nitrogens is 2. The Bertz CT molecular complexity index is 1520. The summed E-state index contributed by atoms with van der Waals surface area (Å²) in [6.07, 6.45) is 8.00. The van der Waals surface area contributed by atoms with Crippen LogP contribution in [0.25, 0.3) is 0 Å². The van der Waals surface area contributed by atoms with Crippen molar-refractivity contribution in [2.75, 3.05) is 0 Å². The molecule has 1 fully saturated rings. The van der Waals surface area contributed by atoms with Gasteiger partial charge in [0, 0.05) is 28.1 Å². The molecule has 1 aliphatic heterocycles. The molecule has 4 rings (SSSR count). The molecule has 2 aromatic rings. The summed E-state index contributed by atoms with van der Waals surface area (Å²) in [5, 5.41) is 19.6. The second-order valence-electron chi connectivity index (χ2n) is 11.8. The molecule has 41 heavy (non-hydrogen) atoms. The van der Waals surface area contributed by atoms with Crippen molar-refractivity contribution in [2.24, 2.45) is 10.8 Å². The average Bonchev–Trinajstić information content (AvgIpc) is 3.38. The topological polar surface area (TPSA) is 128 Å². The largest absolute Gasteiger partial charge is 0.451 e. The number of H-pyrrole nitrogens is 1. The fourth-order valence-corrected chi connectivity index (χ4v) is 6.11. The second-order valence-corrected chi connectivity index (χ2v) is 12.2. The van der Waals surface area contributed by atoms with E-state index in [9.17, 15) is 19.6 Å². The second kappa shape index (κ2) is 11.5. The van der Waals surface area contributed by atoms with Crippen LogP contribution in [0.4, 0.5) is 0 Å². The zero-order valence-electron chi connectivity index (χ0n) is 24.2. The Labute approximate surface area is 245 Å². The maximum Gasteiger partial charge on any atom is 0.307 e. The first-order valence-electron chi connectivity index (χ1n) is 13.7. The molecule has 2 amide bonds. The summed E-state index contributed by atoms with van der Waals surface area (Å²) in [6.45, 7) is 11.0. The van der Waals surface area contributed by atoms with Crippen LogP contribution in [0.1, 0.15) is 68.6 Å². The number of aryl methyl sites for hydroxylation is 2. The maximum absolute atomic E-state index is 14.0. The lowest BCUT2D eigenvalue weighted by Gasteiger charge is -2.44. The summed E-state index contributed by atoms with van der Waals surface area (Å²) in [5.41, 5.74) is -0.0418. The third-order valence-electron chi connectivity index (χ3n) is 8.10. The van der Waals surface area contributed by atoms with Gasteiger partial charge in [0.25, 0.3) is 5.91 Å². The fraction of sp³-hybridized carbons (Fsp3) is 0.452. The summed E-state index contributed by atoms with van der Waals surface area (Å²) < 4.78 is 5.76. The number of likely N-dealkylation sites (tertiary alicyclic amines) is 1. The maximum atomic E-state index is 14.0. The van der Waals surface area contributed by atoms with Gasteiger partial charge in [-0.3, -0.25) is 14.4 Å². The van der Waals surface area contributed by atoms with E-state index in [2.05, 4.69) is 28.5 Å². The molecule has 0 radical (unpaired) electrons. The van der Waals surface area contributed by atoms with E-state index in [1.807, 2.05) is 37.0 Å². The van der Waals surface area contributed by atoms with Crippen LogP contribution in [0.2, 0.25) is 0 Å². The lowest BCUT2D eigenvalue weighted by atomic mass is 9.75. The number of nitrogens with one attached hydrogen (secondary N) is 2. The lowest BCUT2D eigenvalue weighted by molar-refractivity contribution is -0.139. The lowest BCUT2D eigenvalue weighted by Crippen LogP contribution is -2.57. The summed E-state index contributed by atoms with van der Waals surface area (Å²) in [5.74, 6) is -0.131. The summed E-state index contributed by atoms with van der Waals surface area (Å²) in [7, 11) is 0. The van der Waals surface area contributed by atoms with Gasteiger partial charge in [0.15, 0.2) is 5.75 Å². The van der Waals surface area contributed by atoms with Gasteiger partial charge in [0.05, 0.1) is 23.2 Å². The highest BCUT2D eigenvalue weighted by Gasteiger charge is 2.51. The van der Waals surface area contributed by atoms with E-state index in [0.29, 0.717) is 34.0 Å². The molecule has 2 aliphatic rings. The Kier molecular flexibility index (Phi) is 8.46. The van der Waals surface area contributed by atoms with Gasteiger partial charge >= 0.3 is 5.56 Å². The van der Waals surface area contributed by atoms with Crippen LogP contribution in [0.3, 0.4) is 0 Å². The molecule has 0 bridgehead atoms. The first-order chi connectivity index (χ1) is 19.3. The molecule has 2 heterocycles. The van der Waals surface area contributed by atoms with Crippen molar-refractivity contribution >= 4 is 23.4 Å². The molecule has 216 valence electrons. The highest BCUT2D eigenvalue weighted by Crippen LogP contribution is 2.47. The van der Waals surface area contributed by atoms with Crippen molar-refractivity contribution in [3.63, 3.8) is 0 Å². The van der Waals surface area contributed by atoms with Crippen LogP contribution in [0, 0.1) is 36.0 Å². The smallest absolute Gasteiger partial charge is 0.307 e. The van der Waals surface area contributed by atoms with Crippen molar-refractivity contribution < 1.29 is 14.3 Å². The van der Waals surface area contributed by atoms with Gasteiger partial charge in [0.2, 0.25) is 5.91 Å². The quantitative estimate of drug-likeness (QED) is 0.460. The number of nitriles is 1. The molecule has 1 aromatic carbocycles. The normalized spacial score (nSPS) is 23.0. The van der Waals surface area contributed by atoms with Gasteiger partial charge in [-0.15, -0.1) is 0 Å². The van der Waals surface area contributed by atoms with Crippen LogP contribution in [-0.2, 0) is 4.79 Å². The number of benzene rings is 1. The predicted molar refractivity (Wildman–Crippen MR) is 157 cm³/mol. The number of halogens is 1. The van der Waals surface area contributed by atoms with E-state index in [1.54, 1.807) is 39.0 Å². The minimum Gasteiger partial charge on any atom is -0.451 e. The zero-order chi connectivity index (χ0) is 30.1. The molecule has 4 atom stereocenters. The summed E-state index contributed by atoms with van der Waals surface area (Å²) in [4.78, 5) is 41.1. The van der Waals surface area contributed by atoms with Crippen molar-refractivity contribution in [1.82, 2.24) is 20.4 Å². The van der Waals surface area contributed by atoms with Gasteiger partial charge in [-0.25, -0.2) is 5.10 Å². The fourth-order valence-electron chi connectivity index (χ4n) is 5.77. The number of hydrogen-bond acceptors (Lipinski definition) is 6. The van der Waals surface area contributed by atoms with E-state index in [4.69, 9.17) is 16.3 Å². The molecule has 1 aromatic heterocycles. The van der Waals surface area contributed by atoms with Gasteiger partial charge < -0.3 is 15.0 Å². The van der Waals surface area contributed by atoms with Crippen LogP contribution in [-0.4, -0.2) is 45.0 Å². The van der Waals surface area contributed by atoms with E-state index < -0.39 is 28.3 Å². The van der Waals surface area contributed by atoms with Crippen LogP contribution >= 0.6 is 11.6 Å². The number of carbonyl (C=O) groups excluding carboxylic acids is 2. The number of hydrogen-bond donors (Lipinski definition) is 2. The predicted octanol–water partition coefficient (Wildman–Crippen LogP) is 5.30. The number of carbonyl (C=O) groups is 2. The number of ether oxygens (including phenoxy) is 1. The number of rotatable bonds is 7. The molecule has 1 unspecified atom stereocenters. The van der Waals surface area contributed by atoms with Gasteiger partial charge in [-0.1, -0.05) is 30.7 Å². The molecule has 1 aliphatic carbocycles. The molecular formula is C31H36ClN5O4. The van der Waals surface area contributed by atoms with Crippen molar-refractivity contribution in [1.29, 1.82) is 5.26 Å². The number of amides is 2. The highest BCUT2D eigenvalue weighted by atomic mass is 35.5. The van der Waals surface area contributed by atoms with Crippen molar-refractivity contribution in [2.45, 2.75) is 78.9 Å². The minimum atomic E-state index is -0.836. The SMILES string of the molecule is Cc1cc(Oc2ccc(C(=O)N[C@H](C)C(=O)N3[C@H](C(C)(C)C#N)CC[C@H]3C3(C)C=C(Cl)C=CC3)cc2C)c(=O)[nH]n1. The standard InChI is InChI=1S/C31H36ClN5O4/c1-18-14-21(9-10-23(18)41-24-15-19(2)35-36-28(24)39)27(38)34-20(3)29(40)37-25(30(4,5)17-33)11-12-26(37)31(6)13-7-8-22(32)16-31/h7-10,14-16,20,25-26H,11-13H2,1-6H3,(H,34,38)(H,36,39)/t20-,25+,26+,31?/m1/s1.